The lowest BCUT2D eigenvalue weighted by atomic mass is 10.2. The summed E-state index contributed by atoms with van der Waals surface area (Å²) in [7, 11) is 0. The minimum atomic E-state index is -4.46. The van der Waals surface area contributed by atoms with E-state index in [0.29, 0.717) is 0 Å². The molecule has 0 radical (unpaired) electrons. The SMILES string of the molecule is N#Cc1cnc(Nc2cc(C(F)(F)F)ccc2Cl)cn1. The van der Waals surface area contributed by atoms with Crippen LogP contribution >= 0.6 is 11.6 Å². The molecule has 1 aromatic carbocycles. The molecular formula is C12H6ClF3N4. The van der Waals surface area contributed by atoms with Gasteiger partial charge in [0.2, 0.25) is 0 Å². The molecule has 0 spiro atoms. The van der Waals surface area contributed by atoms with Crippen molar-refractivity contribution in [2.24, 2.45) is 0 Å². The van der Waals surface area contributed by atoms with Gasteiger partial charge >= 0.3 is 6.18 Å². The predicted molar refractivity (Wildman–Crippen MR) is 66.5 cm³/mol. The second-order valence-corrected chi connectivity index (χ2v) is 4.12. The van der Waals surface area contributed by atoms with Crippen molar-refractivity contribution >= 4 is 23.1 Å². The van der Waals surface area contributed by atoms with Gasteiger partial charge in [-0.05, 0) is 18.2 Å². The number of nitrogens with one attached hydrogen (secondary N) is 1. The molecule has 20 heavy (non-hydrogen) atoms. The summed E-state index contributed by atoms with van der Waals surface area (Å²) in [4.78, 5) is 7.58. The van der Waals surface area contributed by atoms with E-state index in [1.54, 1.807) is 6.07 Å². The van der Waals surface area contributed by atoms with Crippen LogP contribution in [0.25, 0.3) is 0 Å². The molecule has 0 aliphatic heterocycles. The quantitative estimate of drug-likeness (QED) is 0.917. The highest BCUT2D eigenvalue weighted by atomic mass is 35.5. The lowest BCUT2D eigenvalue weighted by molar-refractivity contribution is -0.137. The number of benzene rings is 1. The van der Waals surface area contributed by atoms with Crippen LogP contribution in [0.2, 0.25) is 5.02 Å². The lowest BCUT2D eigenvalue weighted by Crippen LogP contribution is -2.06. The Morgan fingerprint density at radius 1 is 1.20 bits per heavy atom. The van der Waals surface area contributed by atoms with Crippen molar-refractivity contribution in [2.45, 2.75) is 6.18 Å². The number of anilines is 2. The van der Waals surface area contributed by atoms with Crippen LogP contribution in [0.4, 0.5) is 24.7 Å². The third-order valence-corrected chi connectivity index (χ3v) is 2.65. The average Bonchev–Trinajstić information content (AvgIpc) is 2.41. The molecule has 0 aliphatic carbocycles. The first-order valence-corrected chi connectivity index (χ1v) is 5.64. The van der Waals surface area contributed by atoms with Gasteiger partial charge < -0.3 is 5.32 Å². The third kappa shape index (κ3) is 3.16. The topological polar surface area (TPSA) is 61.6 Å². The summed E-state index contributed by atoms with van der Waals surface area (Å²) in [5.74, 6) is 0.185. The molecule has 0 saturated heterocycles. The van der Waals surface area contributed by atoms with Gasteiger partial charge in [-0.2, -0.15) is 18.4 Å². The fourth-order valence-electron chi connectivity index (χ4n) is 1.39. The van der Waals surface area contributed by atoms with E-state index in [-0.39, 0.29) is 22.2 Å². The van der Waals surface area contributed by atoms with Crippen LogP contribution in [0.15, 0.2) is 30.6 Å². The van der Waals surface area contributed by atoms with E-state index in [0.717, 1.165) is 18.2 Å². The third-order valence-electron chi connectivity index (χ3n) is 2.32. The Kier molecular flexibility index (Phi) is 3.77. The molecular weight excluding hydrogens is 293 g/mol. The first-order chi connectivity index (χ1) is 9.40. The van der Waals surface area contributed by atoms with E-state index < -0.39 is 11.7 Å². The molecule has 0 amide bonds. The second kappa shape index (κ2) is 5.35. The van der Waals surface area contributed by atoms with E-state index in [4.69, 9.17) is 16.9 Å². The first kappa shape index (κ1) is 14.1. The zero-order valence-electron chi connectivity index (χ0n) is 9.74. The highest BCUT2D eigenvalue weighted by Crippen LogP contribution is 2.34. The summed E-state index contributed by atoms with van der Waals surface area (Å²) >= 11 is 5.82. The Bertz CT molecular complexity index is 662. The van der Waals surface area contributed by atoms with E-state index in [1.807, 2.05) is 0 Å². The Morgan fingerprint density at radius 3 is 2.50 bits per heavy atom. The van der Waals surface area contributed by atoms with Gasteiger partial charge in [-0.3, -0.25) is 0 Å². The van der Waals surface area contributed by atoms with E-state index in [2.05, 4.69) is 15.3 Å². The second-order valence-electron chi connectivity index (χ2n) is 3.72. The summed E-state index contributed by atoms with van der Waals surface area (Å²) in [6.45, 7) is 0. The maximum atomic E-state index is 12.6. The number of nitrogens with zero attached hydrogens (tertiary/aromatic N) is 3. The van der Waals surface area contributed by atoms with Crippen molar-refractivity contribution in [3.05, 3.63) is 46.9 Å². The zero-order chi connectivity index (χ0) is 14.8. The average molecular weight is 299 g/mol. The maximum Gasteiger partial charge on any atom is 0.416 e. The summed E-state index contributed by atoms with van der Waals surface area (Å²) in [5.41, 5.74) is -0.669. The molecule has 2 rings (SSSR count). The smallest absolute Gasteiger partial charge is 0.338 e. The van der Waals surface area contributed by atoms with Crippen molar-refractivity contribution in [1.82, 2.24) is 9.97 Å². The van der Waals surface area contributed by atoms with Crippen molar-refractivity contribution < 1.29 is 13.2 Å². The molecule has 1 aromatic heterocycles. The fourth-order valence-corrected chi connectivity index (χ4v) is 1.55. The fraction of sp³-hybridized carbons (Fsp3) is 0.0833. The van der Waals surface area contributed by atoms with Crippen LogP contribution in [0.5, 0.6) is 0 Å². The van der Waals surface area contributed by atoms with Crippen LogP contribution in [-0.2, 0) is 6.18 Å². The zero-order valence-corrected chi connectivity index (χ0v) is 10.5. The number of hydrogen-bond acceptors (Lipinski definition) is 4. The molecule has 1 heterocycles. The van der Waals surface area contributed by atoms with Gasteiger partial charge in [-0.1, -0.05) is 11.6 Å². The number of rotatable bonds is 2. The van der Waals surface area contributed by atoms with E-state index >= 15 is 0 Å². The molecule has 0 saturated carbocycles. The summed E-state index contributed by atoms with van der Waals surface area (Å²) < 4.78 is 37.8. The van der Waals surface area contributed by atoms with Gasteiger partial charge in [-0.15, -0.1) is 0 Å². The highest BCUT2D eigenvalue weighted by Gasteiger charge is 2.31. The lowest BCUT2D eigenvalue weighted by Gasteiger charge is -2.11. The summed E-state index contributed by atoms with van der Waals surface area (Å²) in [5, 5.41) is 11.3. The Hall–Kier alpha value is -2.33. The van der Waals surface area contributed by atoms with Gasteiger partial charge in [-0.25, -0.2) is 9.97 Å². The number of aromatic nitrogens is 2. The van der Waals surface area contributed by atoms with Gasteiger partial charge in [0.15, 0.2) is 5.69 Å². The number of nitriles is 1. The van der Waals surface area contributed by atoms with Crippen LogP contribution in [0.3, 0.4) is 0 Å². The minimum Gasteiger partial charge on any atom is -0.338 e. The van der Waals surface area contributed by atoms with Crippen molar-refractivity contribution in [2.75, 3.05) is 5.32 Å². The normalized spacial score (nSPS) is 10.9. The molecule has 8 heteroatoms. The Labute approximate surface area is 116 Å². The molecule has 102 valence electrons. The van der Waals surface area contributed by atoms with Crippen LogP contribution in [-0.4, -0.2) is 9.97 Å². The van der Waals surface area contributed by atoms with Gasteiger partial charge in [0.1, 0.15) is 11.9 Å². The molecule has 0 atom stereocenters. The van der Waals surface area contributed by atoms with Crippen molar-refractivity contribution in [3.63, 3.8) is 0 Å². The van der Waals surface area contributed by atoms with Crippen molar-refractivity contribution in [3.8, 4) is 6.07 Å². The van der Waals surface area contributed by atoms with Crippen LogP contribution in [0, 0.1) is 11.3 Å². The first-order valence-electron chi connectivity index (χ1n) is 5.26. The maximum absolute atomic E-state index is 12.6. The molecule has 0 aliphatic rings. The molecule has 4 nitrogen and oxygen atoms in total. The molecule has 2 aromatic rings. The summed E-state index contributed by atoms with van der Waals surface area (Å²) in [6, 6.07) is 4.69. The summed E-state index contributed by atoms with van der Waals surface area (Å²) in [6.07, 6.45) is -2.03. The van der Waals surface area contributed by atoms with Gasteiger partial charge in [0.25, 0.3) is 0 Å². The standard InChI is InChI=1S/C12H6ClF3N4/c13-9-2-1-7(12(14,15)16)3-10(9)20-11-6-18-8(4-17)5-19-11/h1-3,5-6H,(H,19,20). The predicted octanol–water partition coefficient (Wildman–Crippen LogP) is 3.76. The highest BCUT2D eigenvalue weighted by molar-refractivity contribution is 6.33. The molecule has 0 unspecified atom stereocenters. The van der Waals surface area contributed by atoms with Crippen LogP contribution < -0.4 is 5.32 Å². The van der Waals surface area contributed by atoms with Crippen molar-refractivity contribution in [1.29, 1.82) is 5.26 Å². The molecule has 0 fully saturated rings. The number of halogens is 4. The molecule has 1 N–H and O–H groups in total. The Morgan fingerprint density at radius 2 is 1.95 bits per heavy atom. The largest absolute Gasteiger partial charge is 0.416 e. The minimum absolute atomic E-state index is 0.0560. The number of alkyl halides is 3. The van der Waals surface area contributed by atoms with Crippen LogP contribution in [0.1, 0.15) is 11.3 Å². The van der Waals surface area contributed by atoms with Gasteiger partial charge in [0.05, 0.1) is 28.7 Å². The van der Waals surface area contributed by atoms with E-state index in [1.165, 1.54) is 12.4 Å². The Balaban J connectivity index is 2.30. The van der Waals surface area contributed by atoms with Gasteiger partial charge in [0, 0.05) is 0 Å². The van der Waals surface area contributed by atoms with E-state index in [9.17, 15) is 13.2 Å². The monoisotopic (exact) mass is 298 g/mol. The molecule has 0 bridgehead atoms. The number of hydrogen-bond donors (Lipinski definition) is 1.